The Morgan fingerprint density at radius 1 is 1.24 bits per heavy atom. The summed E-state index contributed by atoms with van der Waals surface area (Å²) < 4.78 is 62.7. The van der Waals surface area contributed by atoms with Gasteiger partial charge in [-0.3, -0.25) is 4.79 Å². The lowest BCUT2D eigenvalue weighted by atomic mass is 10.1. The molecule has 0 aliphatic heterocycles. The second kappa shape index (κ2) is 4.74. The molecule has 2 rings (SSSR count). The van der Waals surface area contributed by atoms with E-state index >= 15 is 0 Å². The lowest BCUT2D eigenvalue weighted by Gasteiger charge is -2.11. The van der Waals surface area contributed by atoms with Crippen LogP contribution in [0, 0.1) is 0 Å². The van der Waals surface area contributed by atoms with Crippen LogP contribution in [-0.2, 0) is 16.2 Å². The van der Waals surface area contributed by atoms with E-state index in [0.717, 1.165) is 19.2 Å². The number of alkyl halides is 3. The van der Waals surface area contributed by atoms with Gasteiger partial charge in [-0.2, -0.15) is 13.2 Å². The van der Waals surface area contributed by atoms with Crippen LogP contribution in [0.15, 0.2) is 18.2 Å². The van der Waals surface area contributed by atoms with E-state index in [1.807, 2.05) is 0 Å². The fourth-order valence-corrected chi connectivity index (χ4v) is 3.36. The molecule has 0 amide bonds. The Labute approximate surface area is 123 Å². The molecule has 0 spiro atoms. The molecule has 1 aromatic carbocycles. The summed E-state index contributed by atoms with van der Waals surface area (Å²) in [7, 11) is -3.95. The van der Waals surface area contributed by atoms with Gasteiger partial charge in [0.05, 0.1) is 22.4 Å². The molecule has 0 atom stereocenters. The Balaban J connectivity index is 2.98. The van der Waals surface area contributed by atoms with Gasteiger partial charge in [0.15, 0.2) is 5.78 Å². The molecule has 0 radical (unpaired) electrons. The van der Waals surface area contributed by atoms with Gasteiger partial charge in [-0.25, -0.2) is 12.4 Å². The van der Waals surface area contributed by atoms with Gasteiger partial charge in [-0.05, 0) is 18.2 Å². The number of carbonyl (C=O) groups is 1. The zero-order chi connectivity index (χ0) is 16.2. The summed E-state index contributed by atoms with van der Waals surface area (Å²) in [6.45, 7) is 1.13. The smallest absolute Gasteiger partial charge is 0.293 e. The molecular weight excluding hydrogens is 331 g/mol. The Hall–Kier alpha value is -1.54. The molecule has 0 bridgehead atoms. The molecule has 1 aromatic heterocycles. The lowest BCUT2D eigenvalue weighted by molar-refractivity contribution is -0.137. The Bertz CT molecular complexity index is 853. The summed E-state index contributed by atoms with van der Waals surface area (Å²) in [5.74, 6) is -0.582. The van der Waals surface area contributed by atoms with Crippen LogP contribution in [0.5, 0.6) is 0 Å². The molecule has 0 aliphatic rings. The molecule has 0 saturated carbocycles. The number of aromatic nitrogens is 1. The molecule has 0 unspecified atom stereocenters. The molecule has 4 nitrogen and oxygen atoms in total. The van der Waals surface area contributed by atoms with Crippen molar-refractivity contribution < 1.29 is 26.4 Å². The van der Waals surface area contributed by atoms with Crippen molar-refractivity contribution in [1.29, 1.82) is 0 Å². The third-order valence-corrected chi connectivity index (χ3v) is 4.21. The summed E-state index contributed by atoms with van der Waals surface area (Å²) in [4.78, 5) is 11.5. The zero-order valence-electron chi connectivity index (χ0n) is 10.8. The van der Waals surface area contributed by atoms with Gasteiger partial charge in [0.1, 0.15) is 5.69 Å². The summed E-state index contributed by atoms with van der Waals surface area (Å²) in [6, 6.07) is 2.82. The van der Waals surface area contributed by atoms with E-state index in [2.05, 4.69) is 0 Å². The van der Waals surface area contributed by atoms with Crippen molar-refractivity contribution >= 4 is 38.3 Å². The van der Waals surface area contributed by atoms with Gasteiger partial charge < -0.3 is 0 Å². The maximum Gasteiger partial charge on any atom is 0.417 e. The maximum atomic E-state index is 12.9. The number of benzene rings is 1. The van der Waals surface area contributed by atoms with E-state index in [4.69, 9.17) is 11.6 Å². The topological polar surface area (TPSA) is 56.1 Å². The first kappa shape index (κ1) is 15.8. The van der Waals surface area contributed by atoms with E-state index in [0.29, 0.717) is 10.0 Å². The molecular formula is C12H9ClF3NO3S. The van der Waals surface area contributed by atoms with Crippen molar-refractivity contribution in [2.45, 2.75) is 13.1 Å². The van der Waals surface area contributed by atoms with Crippen LogP contribution >= 0.6 is 11.6 Å². The number of halogens is 4. The standard InChI is InChI=1S/C12H9ClF3NO3S/c1-6(18)10-4-7-3-9(13)8(12(14,15)16)5-11(7)17(10)21(2,19)20/h3-5H,1-2H3. The summed E-state index contributed by atoms with van der Waals surface area (Å²) in [6.07, 6.45) is -3.92. The van der Waals surface area contributed by atoms with Crippen LogP contribution in [0.3, 0.4) is 0 Å². The first-order valence-corrected chi connectivity index (χ1v) is 7.79. The highest BCUT2D eigenvalue weighted by molar-refractivity contribution is 7.89. The average Bonchev–Trinajstić information content (AvgIpc) is 2.64. The van der Waals surface area contributed by atoms with E-state index in [1.165, 1.54) is 6.07 Å². The number of nitrogens with zero attached hydrogens (tertiary/aromatic N) is 1. The van der Waals surface area contributed by atoms with Gasteiger partial charge in [0.2, 0.25) is 10.0 Å². The minimum absolute atomic E-state index is 0.142. The van der Waals surface area contributed by atoms with E-state index < -0.39 is 32.6 Å². The molecule has 1 heterocycles. The molecule has 9 heteroatoms. The number of ketones is 1. The second-order valence-corrected chi connectivity index (χ2v) is 6.74. The Morgan fingerprint density at radius 2 is 1.81 bits per heavy atom. The van der Waals surface area contributed by atoms with Crippen molar-refractivity contribution in [2.75, 3.05) is 6.26 Å². The predicted octanol–water partition coefficient (Wildman–Crippen LogP) is 3.32. The average molecular weight is 340 g/mol. The first-order chi connectivity index (χ1) is 9.43. The highest BCUT2D eigenvalue weighted by Crippen LogP contribution is 2.38. The predicted molar refractivity (Wildman–Crippen MR) is 72.2 cm³/mol. The number of hydrogen-bond acceptors (Lipinski definition) is 3. The summed E-state index contributed by atoms with van der Waals surface area (Å²) in [5, 5.41) is -0.417. The summed E-state index contributed by atoms with van der Waals surface area (Å²) >= 11 is 5.58. The van der Waals surface area contributed by atoms with E-state index in [-0.39, 0.29) is 16.6 Å². The molecule has 0 aliphatic carbocycles. The minimum atomic E-state index is -4.73. The molecule has 0 N–H and O–H groups in total. The van der Waals surface area contributed by atoms with Crippen LogP contribution in [0.4, 0.5) is 13.2 Å². The lowest BCUT2D eigenvalue weighted by Crippen LogP contribution is -2.15. The van der Waals surface area contributed by atoms with Crippen LogP contribution in [0.25, 0.3) is 10.9 Å². The normalized spacial score (nSPS) is 12.9. The van der Waals surface area contributed by atoms with E-state index in [9.17, 15) is 26.4 Å². The minimum Gasteiger partial charge on any atom is -0.293 e. The highest BCUT2D eigenvalue weighted by Gasteiger charge is 2.34. The Kier molecular flexibility index (Phi) is 3.57. The van der Waals surface area contributed by atoms with Gasteiger partial charge in [-0.15, -0.1) is 0 Å². The van der Waals surface area contributed by atoms with Crippen LogP contribution < -0.4 is 0 Å². The molecule has 114 valence electrons. The third-order valence-electron chi connectivity index (χ3n) is 2.84. The zero-order valence-corrected chi connectivity index (χ0v) is 12.4. The SMILES string of the molecule is CC(=O)c1cc2cc(Cl)c(C(F)(F)F)cc2n1S(C)(=O)=O. The quantitative estimate of drug-likeness (QED) is 0.789. The number of hydrogen-bond donors (Lipinski definition) is 0. The number of Topliss-reactive ketones (excluding diaryl/α,β-unsaturated/α-hetero) is 1. The van der Waals surface area contributed by atoms with Crippen molar-refractivity contribution in [1.82, 2.24) is 3.97 Å². The van der Waals surface area contributed by atoms with Crippen LogP contribution in [-0.4, -0.2) is 24.4 Å². The number of rotatable bonds is 2. The Morgan fingerprint density at radius 3 is 2.24 bits per heavy atom. The van der Waals surface area contributed by atoms with Crippen LogP contribution in [0.2, 0.25) is 5.02 Å². The van der Waals surface area contributed by atoms with Gasteiger partial charge in [-0.1, -0.05) is 11.6 Å². The fourth-order valence-electron chi connectivity index (χ4n) is 2.02. The highest BCUT2D eigenvalue weighted by atomic mass is 35.5. The van der Waals surface area contributed by atoms with Crippen LogP contribution in [0.1, 0.15) is 23.0 Å². The van der Waals surface area contributed by atoms with Crippen molar-refractivity contribution in [3.8, 4) is 0 Å². The van der Waals surface area contributed by atoms with Gasteiger partial charge in [0.25, 0.3) is 0 Å². The van der Waals surface area contributed by atoms with Crippen molar-refractivity contribution in [3.05, 3.63) is 34.5 Å². The first-order valence-electron chi connectivity index (χ1n) is 5.56. The molecule has 21 heavy (non-hydrogen) atoms. The molecule has 0 saturated heterocycles. The second-order valence-electron chi connectivity index (χ2n) is 4.50. The van der Waals surface area contributed by atoms with Gasteiger partial charge in [0, 0.05) is 12.3 Å². The monoisotopic (exact) mass is 339 g/mol. The molecule has 2 aromatic rings. The third kappa shape index (κ3) is 2.77. The van der Waals surface area contributed by atoms with E-state index in [1.54, 1.807) is 0 Å². The largest absolute Gasteiger partial charge is 0.417 e. The van der Waals surface area contributed by atoms with Gasteiger partial charge >= 0.3 is 6.18 Å². The summed E-state index contributed by atoms with van der Waals surface area (Å²) in [5.41, 5.74) is -1.61. The maximum absolute atomic E-state index is 12.9. The number of carbonyl (C=O) groups excluding carboxylic acids is 1. The van der Waals surface area contributed by atoms with Crippen molar-refractivity contribution in [3.63, 3.8) is 0 Å². The number of fused-ring (bicyclic) bond motifs is 1. The fraction of sp³-hybridized carbons (Fsp3) is 0.250. The molecule has 0 fully saturated rings. The van der Waals surface area contributed by atoms with Crippen molar-refractivity contribution in [2.24, 2.45) is 0 Å².